The molecule has 1 heterocycles. The fourth-order valence-corrected chi connectivity index (χ4v) is 3.15. The minimum atomic E-state index is -0.181. The molecule has 114 valence electrons. The van der Waals surface area contributed by atoms with Crippen LogP contribution in [-0.4, -0.2) is 21.3 Å². The van der Waals surface area contributed by atoms with Crippen molar-refractivity contribution in [1.82, 2.24) is 20.1 Å². The summed E-state index contributed by atoms with van der Waals surface area (Å²) in [6.45, 7) is 6.35. The number of halogens is 1. The molecule has 2 rings (SSSR count). The normalized spacial score (nSPS) is 11.0. The summed E-state index contributed by atoms with van der Waals surface area (Å²) in [5, 5.41) is 11.3. The van der Waals surface area contributed by atoms with Crippen molar-refractivity contribution in [3.63, 3.8) is 0 Å². The Kier molecular flexibility index (Phi) is 5.90. The smallest absolute Gasteiger partial charge is 0.313 e. The van der Waals surface area contributed by atoms with Crippen molar-refractivity contribution >= 4 is 23.4 Å². The fourth-order valence-electron chi connectivity index (χ4n) is 1.94. The largest absolute Gasteiger partial charge is 0.343 e. The van der Waals surface area contributed by atoms with E-state index in [1.807, 2.05) is 25.1 Å². The summed E-state index contributed by atoms with van der Waals surface area (Å²) in [5.74, 6) is 0. The van der Waals surface area contributed by atoms with E-state index in [2.05, 4.69) is 22.4 Å². The summed E-state index contributed by atoms with van der Waals surface area (Å²) in [6, 6.07) is 5.77. The quantitative estimate of drug-likeness (QED) is 0.768. The molecule has 0 unspecified atom stereocenters. The fraction of sp³-hybridized carbons (Fsp3) is 0.429. The second kappa shape index (κ2) is 7.68. The van der Waals surface area contributed by atoms with Crippen molar-refractivity contribution in [2.45, 2.75) is 43.4 Å². The van der Waals surface area contributed by atoms with Crippen molar-refractivity contribution in [2.75, 3.05) is 6.54 Å². The molecule has 5 nitrogen and oxygen atoms in total. The van der Waals surface area contributed by atoms with Gasteiger partial charge in [-0.15, -0.1) is 5.10 Å². The number of hydrogen-bond acceptors (Lipinski definition) is 4. The third-order valence-electron chi connectivity index (χ3n) is 3.01. The van der Waals surface area contributed by atoms with E-state index in [0.29, 0.717) is 16.7 Å². The molecule has 0 atom stereocenters. The molecule has 0 saturated carbocycles. The molecule has 0 aliphatic heterocycles. The molecule has 0 radical (unpaired) electrons. The summed E-state index contributed by atoms with van der Waals surface area (Å²) in [6.07, 6.45) is 1.08. The third-order valence-corrected chi connectivity index (χ3v) is 4.35. The highest BCUT2D eigenvalue weighted by atomic mass is 35.5. The van der Waals surface area contributed by atoms with Gasteiger partial charge in [-0.25, -0.2) is 9.89 Å². The van der Waals surface area contributed by atoms with E-state index in [1.54, 1.807) is 4.57 Å². The number of H-pyrrole nitrogens is 1. The van der Waals surface area contributed by atoms with Gasteiger partial charge in [0.05, 0.1) is 0 Å². The maximum Gasteiger partial charge on any atom is 0.343 e. The topological polar surface area (TPSA) is 62.7 Å². The van der Waals surface area contributed by atoms with Crippen LogP contribution in [0.1, 0.15) is 25.8 Å². The zero-order valence-electron chi connectivity index (χ0n) is 12.1. The van der Waals surface area contributed by atoms with Gasteiger partial charge in [0.2, 0.25) is 0 Å². The zero-order chi connectivity index (χ0) is 15.2. The minimum Gasteiger partial charge on any atom is -0.313 e. The SMILES string of the molecule is CCCNCc1cc(Cl)ccc1Sc1n[nH]c(=O)n1CC. The molecule has 0 aliphatic rings. The van der Waals surface area contributed by atoms with Gasteiger partial charge in [-0.1, -0.05) is 18.5 Å². The van der Waals surface area contributed by atoms with Gasteiger partial charge in [-0.05, 0) is 55.4 Å². The van der Waals surface area contributed by atoms with Crippen LogP contribution in [0, 0.1) is 0 Å². The first-order valence-electron chi connectivity index (χ1n) is 6.97. The van der Waals surface area contributed by atoms with Crippen LogP contribution in [0.5, 0.6) is 0 Å². The summed E-state index contributed by atoms with van der Waals surface area (Å²) in [4.78, 5) is 12.7. The Hall–Kier alpha value is -1.24. The standard InChI is InChI=1S/C14H19ClN4OS/c1-3-7-16-9-10-8-11(15)5-6-12(10)21-14-18-17-13(20)19(14)4-2/h5-6,8,16H,3-4,7,9H2,1-2H3,(H,17,20). The Morgan fingerprint density at radius 1 is 1.43 bits per heavy atom. The molecule has 0 fully saturated rings. The van der Waals surface area contributed by atoms with Gasteiger partial charge in [0.25, 0.3) is 0 Å². The van der Waals surface area contributed by atoms with E-state index in [4.69, 9.17) is 11.6 Å². The van der Waals surface area contributed by atoms with Crippen LogP contribution in [0.25, 0.3) is 0 Å². The lowest BCUT2D eigenvalue weighted by Gasteiger charge is -2.10. The van der Waals surface area contributed by atoms with Gasteiger partial charge in [0.1, 0.15) is 0 Å². The number of hydrogen-bond donors (Lipinski definition) is 2. The first-order valence-corrected chi connectivity index (χ1v) is 8.17. The molecule has 2 aromatic rings. The first kappa shape index (κ1) is 16.1. The molecule has 2 N–H and O–H groups in total. The van der Waals surface area contributed by atoms with E-state index < -0.39 is 0 Å². The van der Waals surface area contributed by atoms with Crippen molar-refractivity contribution < 1.29 is 0 Å². The molecule has 0 saturated heterocycles. The highest BCUT2D eigenvalue weighted by Gasteiger charge is 2.11. The van der Waals surface area contributed by atoms with Crippen LogP contribution < -0.4 is 11.0 Å². The van der Waals surface area contributed by atoms with Gasteiger partial charge in [0, 0.05) is 23.0 Å². The van der Waals surface area contributed by atoms with Gasteiger partial charge in [-0.3, -0.25) is 4.57 Å². The Morgan fingerprint density at radius 3 is 2.95 bits per heavy atom. The van der Waals surface area contributed by atoms with Gasteiger partial charge >= 0.3 is 5.69 Å². The predicted octanol–water partition coefficient (Wildman–Crippen LogP) is 2.90. The lowest BCUT2D eigenvalue weighted by Crippen LogP contribution is -2.16. The van der Waals surface area contributed by atoms with Crippen LogP contribution >= 0.6 is 23.4 Å². The highest BCUT2D eigenvalue weighted by molar-refractivity contribution is 7.99. The van der Waals surface area contributed by atoms with E-state index in [1.165, 1.54) is 11.8 Å². The number of nitrogens with one attached hydrogen (secondary N) is 2. The molecule has 0 bridgehead atoms. The van der Waals surface area contributed by atoms with Crippen LogP contribution in [0.2, 0.25) is 5.02 Å². The van der Waals surface area contributed by atoms with Gasteiger partial charge in [-0.2, -0.15) is 0 Å². The van der Waals surface area contributed by atoms with Crippen molar-refractivity contribution in [2.24, 2.45) is 0 Å². The molecule has 0 amide bonds. The molecule has 21 heavy (non-hydrogen) atoms. The maximum atomic E-state index is 11.6. The molecule has 0 spiro atoms. The summed E-state index contributed by atoms with van der Waals surface area (Å²) >= 11 is 7.56. The molecule has 1 aromatic heterocycles. The Morgan fingerprint density at radius 2 is 2.24 bits per heavy atom. The van der Waals surface area contributed by atoms with Gasteiger partial charge in [0.15, 0.2) is 5.16 Å². The van der Waals surface area contributed by atoms with E-state index in [-0.39, 0.29) is 5.69 Å². The second-order valence-electron chi connectivity index (χ2n) is 4.59. The molecular weight excluding hydrogens is 308 g/mol. The Balaban J connectivity index is 2.24. The molecule has 7 heteroatoms. The number of aromatic amines is 1. The highest BCUT2D eigenvalue weighted by Crippen LogP contribution is 2.30. The van der Waals surface area contributed by atoms with E-state index >= 15 is 0 Å². The minimum absolute atomic E-state index is 0.181. The average molecular weight is 327 g/mol. The molecule has 0 aliphatic carbocycles. The van der Waals surface area contributed by atoms with Crippen molar-refractivity contribution in [3.05, 3.63) is 39.3 Å². The molecular formula is C14H19ClN4OS. The summed E-state index contributed by atoms with van der Waals surface area (Å²) in [7, 11) is 0. The summed E-state index contributed by atoms with van der Waals surface area (Å²) < 4.78 is 1.61. The Bertz CT molecular complexity index is 653. The van der Waals surface area contributed by atoms with Crippen LogP contribution in [0.4, 0.5) is 0 Å². The zero-order valence-corrected chi connectivity index (χ0v) is 13.7. The van der Waals surface area contributed by atoms with Gasteiger partial charge < -0.3 is 5.32 Å². The predicted molar refractivity (Wildman–Crippen MR) is 86.1 cm³/mol. The maximum absolute atomic E-state index is 11.6. The number of benzene rings is 1. The second-order valence-corrected chi connectivity index (χ2v) is 6.03. The van der Waals surface area contributed by atoms with Crippen LogP contribution in [0.15, 0.2) is 33.0 Å². The average Bonchev–Trinajstić information content (AvgIpc) is 2.82. The number of rotatable bonds is 7. The monoisotopic (exact) mass is 326 g/mol. The van der Waals surface area contributed by atoms with E-state index in [9.17, 15) is 4.79 Å². The number of nitrogens with zero attached hydrogens (tertiary/aromatic N) is 2. The van der Waals surface area contributed by atoms with E-state index in [0.717, 1.165) is 30.0 Å². The summed E-state index contributed by atoms with van der Waals surface area (Å²) in [5.41, 5.74) is 0.929. The van der Waals surface area contributed by atoms with Crippen LogP contribution in [-0.2, 0) is 13.1 Å². The Labute approximate surface area is 133 Å². The van der Waals surface area contributed by atoms with Crippen LogP contribution in [0.3, 0.4) is 0 Å². The third kappa shape index (κ3) is 4.12. The van der Waals surface area contributed by atoms with Crippen molar-refractivity contribution in [3.8, 4) is 0 Å². The number of aromatic nitrogens is 3. The molecule has 1 aromatic carbocycles. The first-order chi connectivity index (χ1) is 10.2. The lowest BCUT2D eigenvalue weighted by atomic mass is 10.2. The van der Waals surface area contributed by atoms with Crippen molar-refractivity contribution in [1.29, 1.82) is 0 Å². The lowest BCUT2D eigenvalue weighted by molar-refractivity contribution is 0.658.